The third kappa shape index (κ3) is 4.40. The summed E-state index contributed by atoms with van der Waals surface area (Å²) in [5, 5.41) is 2.87. The molecule has 1 N–H and O–H groups in total. The van der Waals surface area contributed by atoms with E-state index in [1.807, 2.05) is 0 Å². The van der Waals surface area contributed by atoms with Gasteiger partial charge in [0.2, 0.25) is 15.9 Å². The van der Waals surface area contributed by atoms with Crippen molar-refractivity contribution < 1.29 is 17.9 Å². The maximum atomic E-state index is 12.7. The molecule has 2 fully saturated rings. The summed E-state index contributed by atoms with van der Waals surface area (Å²) in [4.78, 5) is 12.5. The highest BCUT2D eigenvalue weighted by atomic mass is 32.2. The Morgan fingerprint density at radius 1 is 1.16 bits per heavy atom. The average Bonchev–Trinajstić information content (AvgIpc) is 2.63. The summed E-state index contributed by atoms with van der Waals surface area (Å²) in [6.45, 7) is 4.46. The van der Waals surface area contributed by atoms with Crippen molar-refractivity contribution in [1.29, 1.82) is 0 Å². The van der Waals surface area contributed by atoms with Crippen molar-refractivity contribution in [1.82, 2.24) is 4.31 Å². The van der Waals surface area contributed by atoms with Crippen LogP contribution in [-0.2, 0) is 19.6 Å². The maximum absolute atomic E-state index is 12.7. The number of carbonyl (C=O) groups excluding carboxylic acids is 1. The molecule has 7 heteroatoms. The van der Waals surface area contributed by atoms with Crippen LogP contribution in [0.2, 0.25) is 0 Å². The number of hydrogen-bond acceptors (Lipinski definition) is 4. The lowest BCUT2D eigenvalue weighted by Crippen LogP contribution is -2.39. The van der Waals surface area contributed by atoms with E-state index in [1.165, 1.54) is 0 Å². The monoisotopic (exact) mass is 366 g/mol. The van der Waals surface area contributed by atoms with E-state index < -0.39 is 10.0 Å². The van der Waals surface area contributed by atoms with Crippen molar-refractivity contribution in [2.24, 2.45) is 11.8 Å². The number of carbonyl (C=O) groups is 1. The minimum atomic E-state index is -3.46. The molecule has 1 amide bonds. The summed E-state index contributed by atoms with van der Waals surface area (Å²) in [6, 6.07) is 6.48. The molecule has 1 unspecified atom stereocenters. The second kappa shape index (κ2) is 7.85. The lowest BCUT2D eigenvalue weighted by Gasteiger charge is -2.30. The number of anilines is 1. The zero-order valence-corrected chi connectivity index (χ0v) is 15.4. The zero-order valence-electron chi connectivity index (χ0n) is 14.6. The van der Waals surface area contributed by atoms with Gasteiger partial charge < -0.3 is 10.1 Å². The van der Waals surface area contributed by atoms with Gasteiger partial charge in [0.05, 0.1) is 4.90 Å². The number of nitrogens with one attached hydrogen (secondary N) is 1. The van der Waals surface area contributed by atoms with Crippen LogP contribution in [0.5, 0.6) is 0 Å². The van der Waals surface area contributed by atoms with Gasteiger partial charge in [-0.3, -0.25) is 4.79 Å². The van der Waals surface area contributed by atoms with Crippen molar-refractivity contribution in [2.45, 2.75) is 37.5 Å². The number of sulfonamides is 1. The number of rotatable bonds is 4. The standard InChI is InChI=1S/C18H26N2O4S/c1-14-3-2-10-20(13-14)25(22,23)17-6-4-16(5-7-17)19-18(21)15-8-11-24-12-9-15/h4-7,14-15H,2-3,8-13H2,1H3,(H,19,21). The molecule has 25 heavy (non-hydrogen) atoms. The van der Waals surface area contributed by atoms with Crippen LogP contribution in [0.3, 0.4) is 0 Å². The van der Waals surface area contributed by atoms with Crippen molar-refractivity contribution in [3.8, 4) is 0 Å². The van der Waals surface area contributed by atoms with Crippen molar-refractivity contribution >= 4 is 21.6 Å². The lowest BCUT2D eigenvalue weighted by molar-refractivity contribution is -0.122. The van der Waals surface area contributed by atoms with E-state index in [4.69, 9.17) is 4.74 Å². The average molecular weight is 366 g/mol. The van der Waals surface area contributed by atoms with Crippen LogP contribution in [0.1, 0.15) is 32.6 Å². The van der Waals surface area contributed by atoms with Crippen LogP contribution < -0.4 is 5.32 Å². The summed E-state index contributed by atoms with van der Waals surface area (Å²) in [5.41, 5.74) is 0.627. The summed E-state index contributed by atoms with van der Waals surface area (Å²) >= 11 is 0. The van der Waals surface area contributed by atoms with Gasteiger partial charge in [0.15, 0.2) is 0 Å². The largest absolute Gasteiger partial charge is 0.381 e. The lowest BCUT2D eigenvalue weighted by atomic mass is 9.99. The molecule has 0 spiro atoms. The van der Waals surface area contributed by atoms with Crippen LogP contribution >= 0.6 is 0 Å². The van der Waals surface area contributed by atoms with E-state index in [2.05, 4.69) is 12.2 Å². The van der Waals surface area contributed by atoms with E-state index >= 15 is 0 Å². The third-order valence-electron chi connectivity index (χ3n) is 4.97. The fourth-order valence-corrected chi connectivity index (χ4v) is 5.03. The van der Waals surface area contributed by atoms with E-state index in [0.717, 1.165) is 25.7 Å². The Morgan fingerprint density at radius 3 is 2.48 bits per heavy atom. The predicted molar refractivity (Wildman–Crippen MR) is 95.8 cm³/mol. The first kappa shape index (κ1) is 18.4. The number of ether oxygens (including phenoxy) is 1. The van der Waals surface area contributed by atoms with Gasteiger partial charge in [-0.25, -0.2) is 8.42 Å². The summed E-state index contributed by atoms with van der Waals surface area (Å²) in [5.74, 6) is 0.331. The SMILES string of the molecule is CC1CCCN(S(=O)(=O)c2ccc(NC(=O)C3CCOCC3)cc2)C1. The highest BCUT2D eigenvalue weighted by Crippen LogP contribution is 2.25. The summed E-state index contributed by atoms with van der Waals surface area (Å²) < 4.78 is 32.3. The van der Waals surface area contributed by atoms with Crippen LogP contribution in [-0.4, -0.2) is 44.9 Å². The van der Waals surface area contributed by atoms with Gasteiger partial charge in [-0.2, -0.15) is 4.31 Å². The van der Waals surface area contributed by atoms with Gasteiger partial charge in [-0.05, 0) is 55.9 Å². The van der Waals surface area contributed by atoms with Crippen molar-refractivity contribution in [3.05, 3.63) is 24.3 Å². The van der Waals surface area contributed by atoms with Crippen molar-refractivity contribution in [2.75, 3.05) is 31.6 Å². The van der Waals surface area contributed by atoms with E-state index in [0.29, 0.717) is 37.9 Å². The van der Waals surface area contributed by atoms with Crippen LogP contribution in [0, 0.1) is 11.8 Å². The Labute approximate surface area is 149 Å². The number of hydrogen-bond donors (Lipinski definition) is 1. The molecule has 0 bridgehead atoms. The molecule has 2 heterocycles. The Balaban J connectivity index is 1.66. The number of benzene rings is 1. The molecule has 2 saturated heterocycles. The quantitative estimate of drug-likeness (QED) is 0.888. The van der Waals surface area contributed by atoms with Gasteiger partial charge in [-0.1, -0.05) is 6.92 Å². The van der Waals surface area contributed by atoms with Crippen LogP contribution in [0.25, 0.3) is 0 Å². The second-order valence-electron chi connectivity index (χ2n) is 7.01. The first-order valence-corrected chi connectivity index (χ1v) is 10.4. The molecule has 3 rings (SSSR count). The number of amides is 1. The van der Waals surface area contributed by atoms with E-state index in [9.17, 15) is 13.2 Å². The van der Waals surface area contributed by atoms with E-state index in [1.54, 1.807) is 28.6 Å². The molecule has 6 nitrogen and oxygen atoms in total. The van der Waals surface area contributed by atoms with Gasteiger partial charge in [-0.15, -0.1) is 0 Å². The first-order chi connectivity index (χ1) is 12.0. The Hall–Kier alpha value is -1.44. The Bertz CT molecular complexity index is 696. The fourth-order valence-electron chi connectivity index (χ4n) is 3.43. The molecule has 138 valence electrons. The molecular formula is C18H26N2O4S. The van der Waals surface area contributed by atoms with E-state index in [-0.39, 0.29) is 16.7 Å². The van der Waals surface area contributed by atoms with Crippen LogP contribution in [0.4, 0.5) is 5.69 Å². The highest BCUT2D eigenvalue weighted by Gasteiger charge is 2.28. The minimum absolute atomic E-state index is 0.0243. The molecule has 2 aliphatic rings. The molecule has 0 saturated carbocycles. The Morgan fingerprint density at radius 2 is 1.84 bits per heavy atom. The molecule has 1 aromatic carbocycles. The molecule has 0 aliphatic carbocycles. The minimum Gasteiger partial charge on any atom is -0.381 e. The topological polar surface area (TPSA) is 75.7 Å². The molecular weight excluding hydrogens is 340 g/mol. The van der Waals surface area contributed by atoms with Gasteiger partial charge in [0.1, 0.15) is 0 Å². The summed E-state index contributed by atoms with van der Waals surface area (Å²) in [7, 11) is -3.46. The predicted octanol–water partition coefficient (Wildman–Crippen LogP) is 2.47. The highest BCUT2D eigenvalue weighted by molar-refractivity contribution is 7.89. The fraction of sp³-hybridized carbons (Fsp3) is 0.611. The second-order valence-corrected chi connectivity index (χ2v) is 8.95. The Kier molecular flexibility index (Phi) is 5.76. The zero-order chi connectivity index (χ0) is 17.9. The van der Waals surface area contributed by atoms with Crippen molar-refractivity contribution in [3.63, 3.8) is 0 Å². The van der Waals surface area contributed by atoms with Gasteiger partial charge in [0.25, 0.3) is 0 Å². The first-order valence-electron chi connectivity index (χ1n) is 8.95. The molecule has 1 aromatic rings. The number of piperidine rings is 1. The summed E-state index contributed by atoms with van der Waals surface area (Å²) in [6.07, 6.45) is 3.43. The molecule has 2 aliphatic heterocycles. The number of nitrogens with zero attached hydrogens (tertiary/aromatic N) is 1. The van der Waals surface area contributed by atoms with Gasteiger partial charge >= 0.3 is 0 Å². The third-order valence-corrected chi connectivity index (χ3v) is 6.85. The molecule has 0 radical (unpaired) electrons. The van der Waals surface area contributed by atoms with Crippen LogP contribution in [0.15, 0.2) is 29.2 Å². The molecule has 0 aromatic heterocycles. The van der Waals surface area contributed by atoms with Gasteiger partial charge in [0, 0.05) is 37.9 Å². The maximum Gasteiger partial charge on any atom is 0.243 e. The smallest absolute Gasteiger partial charge is 0.243 e. The molecule has 1 atom stereocenters. The normalized spacial score (nSPS) is 23.3.